The van der Waals surface area contributed by atoms with Crippen molar-refractivity contribution < 1.29 is 14.1 Å². The first-order valence-electron chi connectivity index (χ1n) is 9.10. The summed E-state index contributed by atoms with van der Waals surface area (Å²) in [5, 5.41) is 9.47. The predicted octanol–water partition coefficient (Wildman–Crippen LogP) is 4.63. The summed E-state index contributed by atoms with van der Waals surface area (Å²) in [6.07, 6.45) is -0.671. The molecule has 1 amide bonds. The standard InChI is InChI=1S/C22H18ClN3O3/c1-14(28-19-11-8-15-4-2-3-5-17(15)12-19)22(27)24-13-20-25-21(26-29-20)16-6-9-18(23)10-7-16/h2-12,14H,13H2,1H3,(H,24,27). The predicted molar refractivity (Wildman–Crippen MR) is 111 cm³/mol. The summed E-state index contributed by atoms with van der Waals surface area (Å²) in [6, 6.07) is 20.8. The Bertz CT molecular complexity index is 1140. The van der Waals surface area contributed by atoms with Crippen LogP contribution in [0.2, 0.25) is 5.02 Å². The summed E-state index contributed by atoms with van der Waals surface area (Å²) in [6.45, 7) is 1.81. The highest BCUT2D eigenvalue weighted by Gasteiger charge is 2.16. The Hall–Kier alpha value is -3.38. The molecule has 1 heterocycles. The number of carbonyl (C=O) groups is 1. The quantitative estimate of drug-likeness (QED) is 0.504. The Labute approximate surface area is 172 Å². The smallest absolute Gasteiger partial charge is 0.261 e. The van der Waals surface area contributed by atoms with E-state index >= 15 is 0 Å². The maximum absolute atomic E-state index is 12.4. The van der Waals surface area contributed by atoms with Crippen LogP contribution >= 0.6 is 11.6 Å². The maximum atomic E-state index is 12.4. The molecular weight excluding hydrogens is 390 g/mol. The average molecular weight is 408 g/mol. The lowest BCUT2D eigenvalue weighted by Gasteiger charge is -2.14. The highest BCUT2D eigenvalue weighted by Crippen LogP contribution is 2.22. The lowest BCUT2D eigenvalue weighted by atomic mass is 10.1. The molecule has 0 bridgehead atoms. The highest BCUT2D eigenvalue weighted by atomic mass is 35.5. The fraction of sp³-hybridized carbons (Fsp3) is 0.136. The molecule has 6 nitrogen and oxygen atoms in total. The van der Waals surface area contributed by atoms with Crippen LogP contribution in [0.15, 0.2) is 71.3 Å². The summed E-state index contributed by atoms with van der Waals surface area (Å²) < 4.78 is 11.0. The lowest BCUT2D eigenvalue weighted by Crippen LogP contribution is -2.35. The maximum Gasteiger partial charge on any atom is 0.261 e. The van der Waals surface area contributed by atoms with Gasteiger partial charge in [0, 0.05) is 10.6 Å². The van der Waals surface area contributed by atoms with Gasteiger partial charge in [0.1, 0.15) is 5.75 Å². The van der Waals surface area contributed by atoms with E-state index < -0.39 is 6.10 Å². The van der Waals surface area contributed by atoms with Gasteiger partial charge in [-0.15, -0.1) is 0 Å². The number of hydrogen-bond acceptors (Lipinski definition) is 5. The van der Waals surface area contributed by atoms with Crippen LogP contribution in [0, 0.1) is 0 Å². The molecule has 1 aromatic heterocycles. The number of amides is 1. The Morgan fingerprint density at radius 3 is 2.66 bits per heavy atom. The van der Waals surface area contributed by atoms with Crippen LogP contribution in [0.4, 0.5) is 0 Å². The number of hydrogen-bond donors (Lipinski definition) is 1. The van der Waals surface area contributed by atoms with Gasteiger partial charge >= 0.3 is 0 Å². The molecule has 1 atom stereocenters. The van der Waals surface area contributed by atoms with Crippen LogP contribution in [0.1, 0.15) is 12.8 Å². The number of rotatable bonds is 6. The molecule has 29 heavy (non-hydrogen) atoms. The number of nitrogens with one attached hydrogen (secondary N) is 1. The summed E-state index contributed by atoms with van der Waals surface area (Å²) in [7, 11) is 0. The van der Waals surface area contributed by atoms with Crippen LogP contribution in [0.25, 0.3) is 22.2 Å². The third kappa shape index (κ3) is 4.55. The number of ether oxygens (including phenoxy) is 1. The zero-order valence-corrected chi connectivity index (χ0v) is 16.4. The Morgan fingerprint density at radius 2 is 1.86 bits per heavy atom. The number of carbonyl (C=O) groups excluding carboxylic acids is 1. The summed E-state index contributed by atoms with van der Waals surface area (Å²) >= 11 is 5.88. The van der Waals surface area contributed by atoms with Crippen molar-refractivity contribution in [3.05, 3.63) is 77.6 Å². The van der Waals surface area contributed by atoms with E-state index in [1.807, 2.05) is 42.5 Å². The molecular formula is C22H18ClN3O3. The van der Waals surface area contributed by atoms with Crippen molar-refractivity contribution in [2.45, 2.75) is 19.6 Å². The van der Waals surface area contributed by atoms with E-state index in [1.165, 1.54) is 0 Å². The van der Waals surface area contributed by atoms with E-state index in [0.29, 0.717) is 22.5 Å². The van der Waals surface area contributed by atoms with Gasteiger partial charge in [-0.05, 0) is 54.1 Å². The first-order chi connectivity index (χ1) is 14.1. The molecule has 146 valence electrons. The first kappa shape index (κ1) is 19.0. The van der Waals surface area contributed by atoms with Gasteiger partial charge in [0.2, 0.25) is 11.7 Å². The molecule has 3 aromatic carbocycles. The first-order valence-corrected chi connectivity index (χ1v) is 9.48. The minimum atomic E-state index is -0.671. The van der Waals surface area contributed by atoms with Crippen molar-refractivity contribution in [1.82, 2.24) is 15.5 Å². The Morgan fingerprint density at radius 1 is 1.10 bits per heavy atom. The van der Waals surface area contributed by atoms with Gasteiger partial charge in [-0.25, -0.2) is 0 Å². The van der Waals surface area contributed by atoms with Gasteiger partial charge < -0.3 is 14.6 Å². The van der Waals surface area contributed by atoms with Crippen molar-refractivity contribution in [3.63, 3.8) is 0 Å². The van der Waals surface area contributed by atoms with Gasteiger partial charge in [0.15, 0.2) is 6.10 Å². The van der Waals surface area contributed by atoms with E-state index in [2.05, 4.69) is 15.5 Å². The fourth-order valence-corrected chi connectivity index (χ4v) is 2.97. The molecule has 4 rings (SSSR count). The third-order valence-electron chi connectivity index (χ3n) is 4.39. The summed E-state index contributed by atoms with van der Waals surface area (Å²) in [4.78, 5) is 16.6. The number of aromatic nitrogens is 2. The number of benzene rings is 3. The largest absolute Gasteiger partial charge is 0.481 e. The topological polar surface area (TPSA) is 77.2 Å². The zero-order chi connectivity index (χ0) is 20.2. The second-order valence-electron chi connectivity index (χ2n) is 6.51. The molecule has 1 unspecified atom stereocenters. The third-order valence-corrected chi connectivity index (χ3v) is 4.64. The molecule has 0 spiro atoms. The van der Waals surface area contributed by atoms with Gasteiger partial charge in [-0.2, -0.15) is 4.98 Å². The molecule has 0 saturated heterocycles. The van der Waals surface area contributed by atoms with Crippen molar-refractivity contribution in [3.8, 4) is 17.1 Å². The number of fused-ring (bicyclic) bond motifs is 1. The van der Waals surface area contributed by atoms with Crippen LogP contribution in [-0.2, 0) is 11.3 Å². The minimum absolute atomic E-state index is 0.116. The van der Waals surface area contributed by atoms with E-state index in [0.717, 1.165) is 16.3 Å². The van der Waals surface area contributed by atoms with Crippen molar-refractivity contribution >= 4 is 28.3 Å². The van der Waals surface area contributed by atoms with E-state index in [9.17, 15) is 4.79 Å². The normalized spacial score (nSPS) is 11.9. The average Bonchev–Trinajstić information content (AvgIpc) is 3.21. The zero-order valence-electron chi connectivity index (χ0n) is 15.6. The Balaban J connectivity index is 1.34. The highest BCUT2D eigenvalue weighted by molar-refractivity contribution is 6.30. The Kier molecular flexibility index (Phi) is 5.44. The van der Waals surface area contributed by atoms with Gasteiger partial charge in [-0.3, -0.25) is 4.79 Å². The van der Waals surface area contributed by atoms with E-state index in [1.54, 1.807) is 31.2 Å². The second kappa shape index (κ2) is 8.32. The van der Waals surface area contributed by atoms with Crippen molar-refractivity contribution in [1.29, 1.82) is 0 Å². The molecule has 0 aliphatic carbocycles. The summed E-state index contributed by atoms with van der Waals surface area (Å²) in [5.41, 5.74) is 0.781. The number of halogens is 1. The molecule has 0 radical (unpaired) electrons. The molecule has 0 fully saturated rings. The number of nitrogens with zero attached hydrogens (tertiary/aromatic N) is 2. The van der Waals surface area contributed by atoms with E-state index in [4.69, 9.17) is 20.9 Å². The molecule has 4 aromatic rings. The van der Waals surface area contributed by atoms with Gasteiger partial charge in [0.25, 0.3) is 5.91 Å². The SMILES string of the molecule is CC(Oc1ccc2ccccc2c1)C(=O)NCc1nc(-c2ccc(Cl)cc2)no1. The van der Waals surface area contributed by atoms with Crippen LogP contribution in [0.5, 0.6) is 5.75 Å². The van der Waals surface area contributed by atoms with Crippen molar-refractivity contribution in [2.24, 2.45) is 0 Å². The monoisotopic (exact) mass is 407 g/mol. The van der Waals surface area contributed by atoms with Crippen LogP contribution in [0.3, 0.4) is 0 Å². The molecule has 0 saturated carbocycles. The fourth-order valence-electron chi connectivity index (χ4n) is 2.85. The second-order valence-corrected chi connectivity index (χ2v) is 6.94. The molecule has 7 heteroatoms. The molecule has 0 aliphatic heterocycles. The van der Waals surface area contributed by atoms with Gasteiger partial charge in [-0.1, -0.05) is 47.1 Å². The van der Waals surface area contributed by atoms with Gasteiger partial charge in [0.05, 0.1) is 6.54 Å². The van der Waals surface area contributed by atoms with Crippen molar-refractivity contribution in [2.75, 3.05) is 0 Å². The minimum Gasteiger partial charge on any atom is -0.481 e. The lowest BCUT2D eigenvalue weighted by molar-refractivity contribution is -0.127. The molecule has 1 N–H and O–H groups in total. The summed E-state index contributed by atoms with van der Waals surface area (Å²) in [5.74, 6) is 1.10. The molecule has 0 aliphatic rings. The van der Waals surface area contributed by atoms with Crippen LogP contribution in [-0.4, -0.2) is 22.2 Å². The van der Waals surface area contributed by atoms with Crippen LogP contribution < -0.4 is 10.1 Å². The van der Waals surface area contributed by atoms with E-state index in [-0.39, 0.29) is 12.5 Å².